The van der Waals surface area contributed by atoms with E-state index in [1.54, 1.807) is 7.05 Å². The molecule has 1 saturated heterocycles. The normalized spacial score (nSPS) is 22.8. The second-order valence-corrected chi connectivity index (χ2v) is 4.83. The monoisotopic (exact) mass is 229 g/mol. The number of carbonyl (C=O) groups excluding carboxylic acids is 1. The van der Waals surface area contributed by atoms with Gasteiger partial charge >= 0.3 is 0 Å². The molecular formula is C11H23N3O2. The minimum Gasteiger partial charge on any atom is -0.378 e. The third-order valence-electron chi connectivity index (χ3n) is 3.12. The van der Waals surface area contributed by atoms with E-state index in [0.29, 0.717) is 26.2 Å². The molecule has 1 rings (SSSR count). The largest absolute Gasteiger partial charge is 0.378 e. The lowest BCUT2D eigenvalue weighted by Crippen LogP contribution is -2.59. The molecule has 0 spiro atoms. The van der Waals surface area contributed by atoms with E-state index in [1.165, 1.54) is 0 Å². The Kier molecular flexibility index (Phi) is 4.70. The van der Waals surface area contributed by atoms with Gasteiger partial charge in [0.2, 0.25) is 5.91 Å². The molecule has 3 N–H and O–H groups in total. The van der Waals surface area contributed by atoms with Gasteiger partial charge in [-0.05, 0) is 13.8 Å². The van der Waals surface area contributed by atoms with Crippen LogP contribution in [0.4, 0.5) is 0 Å². The average molecular weight is 229 g/mol. The van der Waals surface area contributed by atoms with Gasteiger partial charge in [0.25, 0.3) is 0 Å². The van der Waals surface area contributed by atoms with Crippen LogP contribution < -0.4 is 11.1 Å². The SMILES string of the molecule is CNC(=O)CC(CN)N1CCOCC1(C)C. The Morgan fingerprint density at radius 1 is 1.62 bits per heavy atom. The first-order valence-electron chi connectivity index (χ1n) is 5.76. The number of hydrogen-bond donors (Lipinski definition) is 2. The van der Waals surface area contributed by atoms with Crippen LogP contribution in [0.2, 0.25) is 0 Å². The van der Waals surface area contributed by atoms with Crippen molar-refractivity contribution in [2.75, 3.05) is 33.4 Å². The standard InChI is InChI=1S/C11H23N3O2/c1-11(2)8-16-5-4-14(11)9(7-12)6-10(15)13-3/h9H,4-8,12H2,1-3H3,(H,13,15). The van der Waals surface area contributed by atoms with Gasteiger partial charge in [-0.15, -0.1) is 0 Å². The summed E-state index contributed by atoms with van der Waals surface area (Å²) in [5, 5.41) is 2.64. The smallest absolute Gasteiger partial charge is 0.221 e. The van der Waals surface area contributed by atoms with Crippen LogP contribution in [0.3, 0.4) is 0 Å². The summed E-state index contributed by atoms with van der Waals surface area (Å²) in [4.78, 5) is 13.7. The predicted molar refractivity (Wildman–Crippen MR) is 63.1 cm³/mol. The highest BCUT2D eigenvalue weighted by molar-refractivity contribution is 5.76. The second-order valence-electron chi connectivity index (χ2n) is 4.83. The summed E-state index contributed by atoms with van der Waals surface area (Å²) in [6.07, 6.45) is 0.455. The van der Waals surface area contributed by atoms with Crippen molar-refractivity contribution < 1.29 is 9.53 Å². The van der Waals surface area contributed by atoms with Crippen LogP contribution in [0.1, 0.15) is 20.3 Å². The maximum atomic E-state index is 11.4. The maximum absolute atomic E-state index is 11.4. The topological polar surface area (TPSA) is 67.6 Å². The van der Waals surface area contributed by atoms with Crippen molar-refractivity contribution in [3.8, 4) is 0 Å². The molecule has 0 bridgehead atoms. The summed E-state index contributed by atoms with van der Waals surface area (Å²) in [6.45, 7) is 6.99. The van der Waals surface area contributed by atoms with Crippen LogP contribution in [-0.2, 0) is 9.53 Å². The lowest BCUT2D eigenvalue weighted by atomic mass is 9.98. The van der Waals surface area contributed by atoms with Crippen molar-refractivity contribution in [3.63, 3.8) is 0 Å². The second kappa shape index (κ2) is 5.61. The Bertz CT molecular complexity index is 243. The van der Waals surface area contributed by atoms with E-state index < -0.39 is 0 Å². The van der Waals surface area contributed by atoms with Gasteiger partial charge in [-0.25, -0.2) is 0 Å². The molecule has 1 atom stereocenters. The Labute approximate surface area is 97.3 Å². The zero-order valence-electron chi connectivity index (χ0n) is 10.5. The lowest BCUT2D eigenvalue weighted by Gasteiger charge is -2.46. The van der Waals surface area contributed by atoms with Crippen molar-refractivity contribution in [2.45, 2.75) is 31.8 Å². The molecule has 94 valence electrons. The van der Waals surface area contributed by atoms with Crippen LogP contribution in [0, 0.1) is 0 Å². The fourth-order valence-corrected chi connectivity index (χ4v) is 2.18. The van der Waals surface area contributed by atoms with Gasteiger partial charge in [0.05, 0.1) is 13.2 Å². The maximum Gasteiger partial charge on any atom is 0.221 e. The van der Waals surface area contributed by atoms with E-state index in [4.69, 9.17) is 10.5 Å². The number of nitrogens with zero attached hydrogens (tertiary/aromatic N) is 1. The van der Waals surface area contributed by atoms with Crippen LogP contribution >= 0.6 is 0 Å². The van der Waals surface area contributed by atoms with Crippen molar-refractivity contribution in [1.29, 1.82) is 0 Å². The summed E-state index contributed by atoms with van der Waals surface area (Å²) in [5.41, 5.74) is 5.72. The molecule has 0 radical (unpaired) electrons. The zero-order chi connectivity index (χ0) is 12.2. The highest BCUT2D eigenvalue weighted by Crippen LogP contribution is 2.22. The van der Waals surface area contributed by atoms with Gasteiger partial charge in [0.15, 0.2) is 0 Å². The van der Waals surface area contributed by atoms with Crippen molar-refractivity contribution in [1.82, 2.24) is 10.2 Å². The number of carbonyl (C=O) groups is 1. The van der Waals surface area contributed by atoms with Gasteiger partial charge in [-0.1, -0.05) is 0 Å². The van der Waals surface area contributed by atoms with Gasteiger partial charge in [0.1, 0.15) is 0 Å². The van der Waals surface area contributed by atoms with Gasteiger partial charge in [0, 0.05) is 38.1 Å². The molecule has 0 aromatic carbocycles. The van der Waals surface area contributed by atoms with E-state index in [9.17, 15) is 4.79 Å². The molecule has 1 fully saturated rings. The molecule has 0 aromatic rings. The molecular weight excluding hydrogens is 206 g/mol. The van der Waals surface area contributed by atoms with Gasteiger partial charge in [-0.2, -0.15) is 0 Å². The first-order chi connectivity index (χ1) is 7.51. The fourth-order valence-electron chi connectivity index (χ4n) is 2.18. The molecule has 1 amide bonds. The van der Waals surface area contributed by atoms with Crippen molar-refractivity contribution in [3.05, 3.63) is 0 Å². The Morgan fingerprint density at radius 3 is 2.81 bits per heavy atom. The third-order valence-corrected chi connectivity index (χ3v) is 3.12. The Balaban J connectivity index is 2.66. The molecule has 1 heterocycles. The summed E-state index contributed by atoms with van der Waals surface area (Å²) < 4.78 is 5.46. The minimum atomic E-state index is -0.0453. The molecule has 5 heteroatoms. The summed E-state index contributed by atoms with van der Waals surface area (Å²) in [5.74, 6) is 0.0396. The first kappa shape index (κ1) is 13.4. The van der Waals surface area contributed by atoms with Crippen LogP contribution in [0.15, 0.2) is 0 Å². The summed E-state index contributed by atoms with van der Waals surface area (Å²) in [7, 11) is 1.65. The van der Waals surface area contributed by atoms with Crippen molar-refractivity contribution in [2.24, 2.45) is 5.73 Å². The number of rotatable bonds is 4. The lowest BCUT2D eigenvalue weighted by molar-refractivity contribution is -0.124. The molecule has 0 saturated carbocycles. The van der Waals surface area contributed by atoms with E-state index in [1.807, 2.05) is 0 Å². The molecule has 1 aliphatic heterocycles. The number of hydrogen-bond acceptors (Lipinski definition) is 4. The van der Waals surface area contributed by atoms with Crippen molar-refractivity contribution >= 4 is 5.91 Å². The molecule has 1 aliphatic rings. The average Bonchev–Trinajstić information content (AvgIpc) is 2.25. The zero-order valence-corrected chi connectivity index (χ0v) is 10.5. The first-order valence-corrected chi connectivity index (χ1v) is 5.76. The van der Waals surface area contributed by atoms with E-state index in [-0.39, 0.29) is 17.5 Å². The Hall–Kier alpha value is -0.650. The van der Waals surface area contributed by atoms with Gasteiger partial charge in [-0.3, -0.25) is 9.69 Å². The molecule has 16 heavy (non-hydrogen) atoms. The van der Waals surface area contributed by atoms with Crippen LogP contribution in [-0.4, -0.2) is 55.7 Å². The van der Waals surface area contributed by atoms with Crippen LogP contribution in [0.5, 0.6) is 0 Å². The van der Waals surface area contributed by atoms with E-state index in [0.717, 1.165) is 6.54 Å². The van der Waals surface area contributed by atoms with E-state index >= 15 is 0 Å². The molecule has 0 aliphatic carbocycles. The number of nitrogens with one attached hydrogen (secondary N) is 1. The highest BCUT2D eigenvalue weighted by Gasteiger charge is 2.35. The van der Waals surface area contributed by atoms with E-state index in [2.05, 4.69) is 24.1 Å². The van der Waals surface area contributed by atoms with Crippen LogP contribution in [0.25, 0.3) is 0 Å². The van der Waals surface area contributed by atoms with Gasteiger partial charge < -0.3 is 15.8 Å². The Morgan fingerprint density at radius 2 is 2.31 bits per heavy atom. The summed E-state index contributed by atoms with van der Waals surface area (Å²) >= 11 is 0. The molecule has 5 nitrogen and oxygen atoms in total. The number of ether oxygens (including phenoxy) is 1. The molecule has 1 unspecified atom stereocenters. The predicted octanol–water partition coefficient (Wildman–Crippen LogP) is -0.439. The number of morpholine rings is 1. The summed E-state index contributed by atoms with van der Waals surface area (Å²) in [6, 6.07) is 0.0962. The quantitative estimate of drug-likeness (QED) is 0.686. The highest BCUT2D eigenvalue weighted by atomic mass is 16.5. The molecule has 0 aromatic heterocycles. The minimum absolute atomic E-state index is 0.0396. The fraction of sp³-hybridized carbons (Fsp3) is 0.909. The number of amides is 1. The third kappa shape index (κ3) is 3.17. The number of nitrogens with two attached hydrogens (primary N) is 1.